The van der Waals surface area contributed by atoms with Crippen molar-refractivity contribution in [3.8, 4) is 5.69 Å². The maximum absolute atomic E-state index is 12.4. The summed E-state index contributed by atoms with van der Waals surface area (Å²) in [4.78, 5) is 13.0. The van der Waals surface area contributed by atoms with Gasteiger partial charge in [-0.3, -0.25) is 4.79 Å². The number of para-hydroxylation sites is 2. The molecule has 0 bridgehead atoms. The van der Waals surface area contributed by atoms with Crippen LogP contribution in [0.1, 0.15) is 15.2 Å². The third-order valence-electron chi connectivity index (χ3n) is 2.98. The van der Waals surface area contributed by atoms with Gasteiger partial charge in [-0.2, -0.15) is 5.10 Å². The normalized spacial score (nSPS) is 10.6. The first kappa shape index (κ1) is 14.0. The second-order valence-electron chi connectivity index (χ2n) is 4.49. The van der Waals surface area contributed by atoms with Crippen molar-refractivity contribution in [2.24, 2.45) is 0 Å². The molecule has 6 heteroatoms. The van der Waals surface area contributed by atoms with Gasteiger partial charge >= 0.3 is 0 Å². The molecular formula is C15H12BrN3OS. The van der Waals surface area contributed by atoms with Crippen LogP contribution in [0.4, 0.5) is 5.69 Å². The topological polar surface area (TPSA) is 46.9 Å². The standard InChI is InChI=1S/C15H12BrN3OS/c1-10-9-13(21-14(10)16)15(20)18-11-5-2-3-6-12(11)19-8-4-7-17-19/h2-9H,1H3,(H,18,20). The van der Waals surface area contributed by atoms with Gasteiger partial charge in [-0.05, 0) is 52.7 Å². The van der Waals surface area contributed by atoms with E-state index in [2.05, 4.69) is 26.3 Å². The zero-order chi connectivity index (χ0) is 14.8. The Kier molecular flexibility index (Phi) is 3.90. The number of hydrogen-bond donors (Lipinski definition) is 1. The van der Waals surface area contributed by atoms with Crippen molar-refractivity contribution >= 4 is 38.9 Å². The summed E-state index contributed by atoms with van der Waals surface area (Å²) in [5, 5.41) is 7.15. The Morgan fingerprint density at radius 3 is 2.81 bits per heavy atom. The van der Waals surface area contributed by atoms with Crippen LogP contribution in [0, 0.1) is 6.92 Å². The van der Waals surface area contributed by atoms with Gasteiger partial charge in [0.05, 0.1) is 20.0 Å². The summed E-state index contributed by atoms with van der Waals surface area (Å²) < 4.78 is 2.71. The molecule has 3 aromatic rings. The Morgan fingerprint density at radius 1 is 1.33 bits per heavy atom. The van der Waals surface area contributed by atoms with E-state index in [4.69, 9.17) is 0 Å². The molecule has 0 aliphatic rings. The van der Waals surface area contributed by atoms with Crippen molar-refractivity contribution in [2.75, 3.05) is 5.32 Å². The summed E-state index contributed by atoms with van der Waals surface area (Å²) in [6, 6.07) is 11.3. The summed E-state index contributed by atoms with van der Waals surface area (Å²) in [5.41, 5.74) is 2.63. The molecule has 0 radical (unpaired) electrons. The molecule has 1 N–H and O–H groups in total. The first-order valence-corrected chi connectivity index (χ1v) is 7.92. The second-order valence-corrected chi connectivity index (χ2v) is 6.86. The minimum Gasteiger partial charge on any atom is -0.319 e. The average Bonchev–Trinajstić information content (AvgIpc) is 3.10. The van der Waals surface area contributed by atoms with E-state index < -0.39 is 0 Å². The highest BCUT2D eigenvalue weighted by atomic mass is 79.9. The van der Waals surface area contributed by atoms with E-state index in [-0.39, 0.29) is 5.91 Å². The van der Waals surface area contributed by atoms with Crippen LogP contribution in [0.25, 0.3) is 5.69 Å². The highest BCUT2D eigenvalue weighted by Crippen LogP contribution is 2.28. The van der Waals surface area contributed by atoms with Gasteiger partial charge in [0.2, 0.25) is 0 Å². The highest BCUT2D eigenvalue weighted by molar-refractivity contribution is 9.11. The van der Waals surface area contributed by atoms with E-state index in [1.807, 2.05) is 49.5 Å². The van der Waals surface area contributed by atoms with Crippen molar-refractivity contribution in [2.45, 2.75) is 6.92 Å². The van der Waals surface area contributed by atoms with Crippen LogP contribution >= 0.6 is 27.3 Å². The van der Waals surface area contributed by atoms with E-state index in [9.17, 15) is 4.79 Å². The first-order valence-electron chi connectivity index (χ1n) is 6.31. The number of aryl methyl sites for hydroxylation is 1. The highest BCUT2D eigenvalue weighted by Gasteiger charge is 2.13. The SMILES string of the molecule is Cc1cc(C(=O)Nc2ccccc2-n2cccn2)sc1Br. The lowest BCUT2D eigenvalue weighted by Gasteiger charge is -2.10. The van der Waals surface area contributed by atoms with Crippen LogP contribution < -0.4 is 5.32 Å². The number of benzene rings is 1. The molecule has 0 aliphatic carbocycles. The van der Waals surface area contributed by atoms with Crippen molar-refractivity contribution < 1.29 is 4.79 Å². The summed E-state index contributed by atoms with van der Waals surface area (Å²) >= 11 is 4.87. The third kappa shape index (κ3) is 2.91. The molecule has 1 amide bonds. The maximum atomic E-state index is 12.4. The number of carbonyl (C=O) groups is 1. The third-order valence-corrected chi connectivity index (χ3v) is 5.12. The number of aromatic nitrogens is 2. The lowest BCUT2D eigenvalue weighted by Crippen LogP contribution is -2.12. The predicted octanol–water partition coefficient (Wildman–Crippen LogP) is 4.26. The number of nitrogens with one attached hydrogen (secondary N) is 1. The minimum absolute atomic E-state index is 0.117. The molecule has 4 nitrogen and oxygen atoms in total. The summed E-state index contributed by atoms with van der Waals surface area (Å²) in [7, 11) is 0. The van der Waals surface area contributed by atoms with Crippen LogP contribution in [-0.4, -0.2) is 15.7 Å². The molecule has 0 unspecified atom stereocenters. The summed E-state index contributed by atoms with van der Waals surface area (Å²) in [6.07, 6.45) is 3.55. The van der Waals surface area contributed by atoms with Crippen molar-refractivity contribution in [3.63, 3.8) is 0 Å². The maximum Gasteiger partial charge on any atom is 0.265 e. The Labute approximate surface area is 134 Å². The summed E-state index contributed by atoms with van der Waals surface area (Å²) in [6.45, 7) is 1.97. The van der Waals surface area contributed by atoms with E-state index in [1.165, 1.54) is 11.3 Å². The molecule has 0 saturated carbocycles. The Morgan fingerprint density at radius 2 is 2.14 bits per heavy atom. The lowest BCUT2D eigenvalue weighted by atomic mass is 10.2. The molecule has 3 rings (SSSR count). The van der Waals surface area contributed by atoms with Gasteiger partial charge in [-0.1, -0.05) is 12.1 Å². The molecule has 21 heavy (non-hydrogen) atoms. The number of thiophene rings is 1. The van der Waals surface area contributed by atoms with E-state index in [0.29, 0.717) is 4.88 Å². The molecular weight excluding hydrogens is 350 g/mol. The fourth-order valence-electron chi connectivity index (χ4n) is 1.95. The van der Waals surface area contributed by atoms with Gasteiger partial charge in [0.1, 0.15) is 0 Å². The Hall–Kier alpha value is -1.92. The molecule has 106 valence electrons. The largest absolute Gasteiger partial charge is 0.319 e. The number of nitrogens with zero attached hydrogens (tertiary/aromatic N) is 2. The Bertz CT molecular complexity index is 761. The van der Waals surface area contributed by atoms with Gasteiger partial charge in [-0.15, -0.1) is 11.3 Å². The molecule has 0 spiro atoms. The molecule has 2 aromatic heterocycles. The van der Waals surface area contributed by atoms with E-state index >= 15 is 0 Å². The number of hydrogen-bond acceptors (Lipinski definition) is 3. The second kappa shape index (κ2) is 5.83. The molecule has 1 aromatic carbocycles. The number of rotatable bonds is 3. The number of halogens is 1. The van der Waals surface area contributed by atoms with E-state index in [0.717, 1.165) is 20.7 Å². The molecule has 0 fully saturated rings. The first-order chi connectivity index (χ1) is 10.1. The van der Waals surface area contributed by atoms with Gasteiger partial charge in [0.25, 0.3) is 5.91 Å². The van der Waals surface area contributed by atoms with Gasteiger partial charge in [0.15, 0.2) is 0 Å². The zero-order valence-electron chi connectivity index (χ0n) is 11.2. The van der Waals surface area contributed by atoms with Crippen LogP contribution in [0.2, 0.25) is 0 Å². The van der Waals surface area contributed by atoms with Crippen molar-refractivity contribution in [1.29, 1.82) is 0 Å². The minimum atomic E-state index is -0.117. The summed E-state index contributed by atoms with van der Waals surface area (Å²) in [5.74, 6) is -0.117. The number of anilines is 1. The predicted molar refractivity (Wildman–Crippen MR) is 88.3 cm³/mol. The molecule has 0 atom stereocenters. The van der Waals surface area contributed by atoms with Gasteiger partial charge in [0, 0.05) is 12.4 Å². The van der Waals surface area contributed by atoms with Crippen LogP contribution in [0.5, 0.6) is 0 Å². The van der Waals surface area contributed by atoms with Gasteiger partial charge < -0.3 is 5.32 Å². The van der Waals surface area contributed by atoms with Crippen LogP contribution in [0.3, 0.4) is 0 Å². The lowest BCUT2D eigenvalue weighted by molar-refractivity contribution is 0.103. The average molecular weight is 362 g/mol. The van der Waals surface area contributed by atoms with Crippen LogP contribution in [0.15, 0.2) is 52.6 Å². The number of carbonyl (C=O) groups excluding carboxylic acids is 1. The number of amides is 1. The smallest absolute Gasteiger partial charge is 0.265 e. The molecule has 2 heterocycles. The fourth-order valence-corrected chi connectivity index (χ4v) is 3.38. The molecule has 0 aliphatic heterocycles. The zero-order valence-corrected chi connectivity index (χ0v) is 13.6. The van der Waals surface area contributed by atoms with Crippen molar-refractivity contribution in [3.05, 3.63) is 63.0 Å². The van der Waals surface area contributed by atoms with E-state index in [1.54, 1.807) is 10.9 Å². The quantitative estimate of drug-likeness (QED) is 0.757. The molecule has 0 saturated heterocycles. The van der Waals surface area contributed by atoms with Crippen LogP contribution in [-0.2, 0) is 0 Å². The fraction of sp³-hybridized carbons (Fsp3) is 0.0667. The monoisotopic (exact) mass is 361 g/mol. The van der Waals surface area contributed by atoms with Gasteiger partial charge in [-0.25, -0.2) is 4.68 Å². The van der Waals surface area contributed by atoms with Crippen molar-refractivity contribution in [1.82, 2.24) is 9.78 Å². The Balaban J connectivity index is 1.90.